The highest BCUT2D eigenvalue weighted by Gasteiger charge is 2.20. The highest BCUT2D eigenvalue weighted by molar-refractivity contribution is 6.31. The number of benzene rings is 1. The summed E-state index contributed by atoms with van der Waals surface area (Å²) in [7, 11) is 1.64. The van der Waals surface area contributed by atoms with Crippen molar-refractivity contribution in [2.24, 2.45) is 5.84 Å². The van der Waals surface area contributed by atoms with Crippen LogP contribution < -0.4 is 16.0 Å². The van der Waals surface area contributed by atoms with Gasteiger partial charge in [0.1, 0.15) is 5.75 Å². The van der Waals surface area contributed by atoms with Crippen LogP contribution in [0.25, 0.3) is 0 Å². The van der Waals surface area contributed by atoms with E-state index in [9.17, 15) is 0 Å². The molecule has 0 fully saturated rings. The molecule has 0 saturated carbocycles. The van der Waals surface area contributed by atoms with Crippen LogP contribution in [0, 0.1) is 0 Å². The Morgan fingerprint density at radius 3 is 2.63 bits per heavy atom. The number of hydrazine groups is 1. The molecule has 2 aromatic rings. The molecule has 1 heterocycles. The molecular formula is C13H17ClN4O. The Morgan fingerprint density at radius 2 is 2.11 bits per heavy atom. The number of nitrogens with zero attached hydrogens (tertiary/aromatic N) is 2. The molecule has 6 heteroatoms. The van der Waals surface area contributed by atoms with Gasteiger partial charge >= 0.3 is 0 Å². The topological polar surface area (TPSA) is 65.1 Å². The minimum atomic E-state index is -0.208. The molecule has 1 unspecified atom stereocenters. The molecule has 0 spiro atoms. The van der Waals surface area contributed by atoms with Crippen molar-refractivity contribution in [1.29, 1.82) is 0 Å². The predicted octanol–water partition coefficient (Wildman–Crippen LogP) is 2.12. The van der Waals surface area contributed by atoms with E-state index in [1.165, 1.54) is 0 Å². The van der Waals surface area contributed by atoms with Gasteiger partial charge in [-0.15, -0.1) is 0 Å². The Bertz CT molecular complexity index is 538. The third-order valence-corrected chi connectivity index (χ3v) is 3.31. The number of halogens is 1. The number of hydrogen-bond acceptors (Lipinski definition) is 4. The van der Waals surface area contributed by atoms with E-state index >= 15 is 0 Å². The zero-order chi connectivity index (χ0) is 13.8. The molecule has 1 atom stereocenters. The molecule has 0 aliphatic carbocycles. The number of aryl methyl sites for hydroxylation is 1. The third-order valence-electron chi connectivity index (χ3n) is 3.02. The SMILES string of the molecule is CCn1ncc(Cl)c1C(NN)c1ccc(OC)cc1. The first kappa shape index (κ1) is 13.9. The minimum absolute atomic E-state index is 0.208. The fourth-order valence-electron chi connectivity index (χ4n) is 2.04. The molecule has 2 rings (SSSR count). The lowest BCUT2D eigenvalue weighted by Crippen LogP contribution is -2.30. The first-order valence-electron chi connectivity index (χ1n) is 6.02. The summed E-state index contributed by atoms with van der Waals surface area (Å²) in [4.78, 5) is 0. The molecule has 0 amide bonds. The van der Waals surface area contributed by atoms with Crippen molar-refractivity contribution in [3.63, 3.8) is 0 Å². The predicted molar refractivity (Wildman–Crippen MR) is 75.1 cm³/mol. The molecule has 0 bridgehead atoms. The lowest BCUT2D eigenvalue weighted by molar-refractivity contribution is 0.414. The fraction of sp³-hybridized carbons (Fsp3) is 0.308. The van der Waals surface area contributed by atoms with Gasteiger partial charge in [0.15, 0.2) is 0 Å². The van der Waals surface area contributed by atoms with Gasteiger partial charge in [0.05, 0.1) is 30.1 Å². The molecule has 3 N–H and O–H groups in total. The van der Waals surface area contributed by atoms with E-state index in [1.54, 1.807) is 13.3 Å². The van der Waals surface area contributed by atoms with Gasteiger partial charge in [0, 0.05) is 6.54 Å². The smallest absolute Gasteiger partial charge is 0.118 e. The normalized spacial score (nSPS) is 12.4. The van der Waals surface area contributed by atoms with Crippen molar-refractivity contribution >= 4 is 11.6 Å². The summed E-state index contributed by atoms with van der Waals surface area (Å²) in [5.74, 6) is 6.48. The van der Waals surface area contributed by atoms with E-state index in [2.05, 4.69) is 10.5 Å². The van der Waals surface area contributed by atoms with E-state index in [-0.39, 0.29) is 6.04 Å². The minimum Gasteiger partial charge on any atom is -0.497 e. The Kier molecular flexibility index (Phi) is 4.42. The highest BCUT2D eigenvalue weighted by atomic mass is 35.5. The summed E-state index contributed by atoms with van der Waals surface area (Å²) in [6, 6.07) is 7.47. The number of hydrogen-bond donors (Lipinski definition) is 2. The number of methoxy groups -OCH3 is 1. The average molecular weight is 281 g/mol. The Labute approximate surface area is 117 Å². The number of ether oxygens (including phenoxy) is 1. The molecule has 5 nitrogen and oxygen atoms in total. The molecular weight excluding hydrogens is 264 g/mol. The maximum Gasteiger partial charge on any atom is 0.118 e. The largest absolute Gasteiger partial charge is 0.497 e. The van der Waals surface area contributed by atoms with Crippen LogP contribution in [0.5, 0.6) is 5.75 Å². The fourth-order valence-corrected chi connectivity index (χ4v) is 2.29. The van der Waals surface area contributed by atoms with Gasteiger partial charge in [-0.1, -0.05) is 23.7 Å². The lowest BCUT2D eigenvalue weighted by atomic mass is 10.0. The second kappa shape index (κ2) is 6.06. The van der Waals surface area contributed by atoms with Crippen LogP contribution in [0.3, 0.4) is 0 Å². The molecule has 1 aromatic heterocycles. The Morgan fingerprint density at radius 1 is 1.42 bits per heavy atom. The first-order chi connectivity index (χ1) is 9.21. The van der Waals surface area contributed by atoms with Crippen molar-refractivity contribution in [3.8, 4) is 5.75 Å². The number of nitrogens with one attached hydrogen (secondary N) is 1. The summed E-state index contributed by atoms with van der Waals surface area (Å²) in [5, 5.41) is 4.82. The van der Waals surface area contributed by atoms with Gasteiger partial charge in [0.2, 0.25) is 0 Å². The summed E-state index contributed by atoms with van der Waals surface area (Å²) >= 11 is 6.20. The van der Waals surface area contributed by atoms with Gasteiger partial charge in [-0.2, -0.15) is 5.10 Å². The van der Waals surface area contributed by atoms with Crippen LogP contribution in [-0.2, 0) is 6.54 Å². The zero-order valence-corrected chi connectivity index (χ0v) is 11.7. The van der Waals surface area contributed by atoms with Gasteiger partial charge < -0.3 is 4.74 Å². The zero-order valence-electron chi connectivity index (χ0n) is 10.9. The number of aromatic nitrogens is 2. The van der Waals surface area contributed by atoms with Crippen molar-refractivity contribution in [3.05, 3.63) is 46.7 Å². The molecule has 19 heavy (non-hydrogen) atoms. The van der Waals surface area contributed by atoms with E-state index in [0.717, 1.165) is 23.6 Å². The second-order valence-corrected chi connectivity index (χ2v) is 4.47. The Hall–Kier alpha value is -1.56. The molecule has 102 valence electrons. The number of rotatable bonds is 5. The molecule has 0 aliphatic rings. The molecule has 0 radical (unpaired) electrons. The van der Waals surface area contributed by atoms with E-state index in [4.69, 9.17) is 22.2 Å². The first-order valence-corrected chi connectivity index (χ1v) is 6.40. The lowest BCUT2D eigenvalue weighted by Gasteiger charge is -2.18. The van der Waals surface area contributed by atoms with Crippen LogP contribution in [0.1, 0.15) is 24.2 Å². The van der Waals surface area contributed by atoms with Crippen LogP contribution in [0.4, 0.5) is 0 Å². The summed E-state index contributed by atoms with van der Waals surface area (Å²) in [6.45, 7) is 2.74. The summed E-state index contributed by atoms with van der Waals surface area (Å²) < 4.78 is 6.98. The van der Waals surface area contributed by atoms with E-state index in [1.807, 2.05) is 35.9 Å². The highest BCUT2D eigenvalue weighted by Crippen LogP contribution is 2.28. The van der Waals surface area contributed by atoms with Gasteiger partial charge in [-0.25, -0.2) is 5.43 Å². The summed E-state index contributed by atoms with van der Waals surface area (Å²) in [6.07, 6.45) is 1.63. The monoisotopic (exact) mass is 280 g/mol. The number of nitrogens with two attached hydrogens (primary N) is 1. The van der Waals surface area contributed by atoms with E-state index < -0.39 is 0 Å². The average Bonchev–Trinajstić information content (AvgIpc) is 2.82. The summed E-state index contributed by atoms with van der Waals surface area (Å²) in [5.41, 5.74) is 4.65. The maximum atomic E-state index is 6.20. The third kappa shape index (κ3) is 2.73. The van der Waals surface area contributed by atoms with Gasteiger partial charge in [-0.05, 0) is 24.6 Å². The van der Waals surface area contributed by atoms with Crippen LogP contribution in [0.15, 0.2) is 30.5 Å². The maximum absolute atomic E-state index is 6.20. The van der Waals surface area contributed by atoms with Crippen molar-refractivity contribution < 1.29 is 4.74 Å². The molecule has 0 saturated heterocycles. The van der Waals surface area contributed by atoms with Gasteiger partial charge in [-0.3, -0.25) is 10.5 Å². The Balaban J connectivity index is 2.40. The van der Waals surface area contributed by atoms with Crippen molar-refractivity contribution in [2.45, 2.75) is 19.5 Å². The van der Waals surface area contributed by atoms with Crippen molar-refractivity contribution in [1.82, 2.24) is 15.2 Å². The van der Waals surface area contributed by atoms with Crippen LogP contribution in [-0.4, -0.2) is 16.9 Å². The van der Waals surface area contributed by atoms with Crippen molar-refractivity contribution in [2.75, 3.05) is 7.11 Å². The quantitative estimate of drug-likeness (QED) is 0.650. The second-order valence-electron chi connectivity index (χ2n) is 4.07. The molecule has 1 aromatic carbocycles. The van der Waals surface area contributed by atoms with Crippen LogP contribution >= 0.6 is 11.6 Å². The van der Waals surface area contributed by atoms with Gasteiger partial charge in [0.25, 0.3) is 0 Å². The molecule has 0 aliphatic heterocycles. The van der Waals surface area contributed by atoms with Crippen LogP contribution in [0.2, 0.25) is 5.02 Å². The standard InChI is InChI=1S/C13H17ClN4O/c1-3-18-13(11(14)8-16-18)12(17-15)9-4-6-10(19-2)7-5-9/h4-8,12,17H,3,15H2,1-2H3. The van der Waals surface area contributed by atoms with E-state index in [0.29, 0.717) is 5.02 Å².